The third-order valence-electron chi connectivity index (χ3n) is 3.72. The Bertz CT molecular complexity index is 624. The Morgan fingerprint density at radius 1 is 1.29 bits per heavy atom. The van der Waals surface area contributed by atoms with Crippen LogP contribution < -0.4 is 5.32 Å². The Balaban J connectivity index is 1.81. The second-order valence-corrected chi connectivity index (χ2v) is 5.47. The Morgan fingerprint density at radius 3 is 2.81 bits per heavy atom. The van der Waals surface area contributed by atoms with Crippen molar-refractivity contribution in [2.45, 2.75) is 25.9 Å². The van der Waals surface area contributed by atoms with Crippen LogP contribution in [0.3, 0.4) is 0 Å². The highest BCUT2D eigenvalue weighted by atomic mass is 16.2. The molecule has 1 amide bonds. The summed E-state index contributed by atoms with van der Waals surface area (Å²) >= 11 is 0. The van der Waals surface area contributed by atoms with Gasteiger partial charge in [-0.3, -0.25) is 4.79 Å². The van der Waals surface area contributed by atoms with E-state index in [0.717, 1.165) is 12.2 Å². The highest BCUT2D eigenvalue weighted by Gasteiger charge is 2.28. The van der Waals surface area contributed by atoms with Crippen LogP contribution in [0.15, 0.2) is 36.5 Å². The Morgan fingerprint density at radius 2 is 2.05 bits per heavy atom. The van der Waals surface area contributed by atoms with Crippen LogP contribution in [0.1, 0.15) is 24.3 Å². The van der Waals surface area contributed by atoms with E-state index < -0.39 is 0 Å². The molecule has 2 unspecified atom stereocenters. The van der Waals surface area contributed by atoms with E-state index in [9.17, 15) is 4.79 Å². The third-order valence-corrected chi connectivity index (χ3v) is 3.72. The summed E-state index contributed by atoms with van der Waals surface area (Å²) in [5, 5.41) is 11.9. The summed E-state index contributed by atoms with van der Waals surface area (Å²) in [6.45, 7) is 5.61. The minimum absolute atomic E-state index is 0.0574. The van der Waals surface area contributed by atoms with Crippen molar-refractivity contribution < 1.29 is 4.79 Å². The number of nitrogens with one attached hydrogen (secondary N) is 1. The largest absolute Gasteiger partial charge is 0.332 e. The molecule has 1 N–H and O–H groups in total. The summed E-state index contributed by atoms with van der Waals surface area (Å²) in [4.78, 5) is 15.9. The van der Waals surface area contributed by atoms with Gasteiger partial charge in [-0.15, -0.1) is 5.10 Å². The van der Waals surface area contributed by atoms with Gasteiger partial charge in [0.25, 0.3) is 5.91 Å². The molecule has 2 atom stereocenters. The average Bonchev–Trinajstić information content (AvgIpc) is 3.00. The molecule has 6 nitrogen and oxygen atoms in total. The first-order valence-electron chi connectivity index (χ1n) is 7.17. The maximum atomic E-state index is 12.6. The monoisotopic (exact) mass is 285 g/mol. The maximum absolute atomic E-state index is 12.6. The second kappa shape index (κ2) is 5.65. The van der Waals surface area contributed by atoms with Crippen LogP contribution in [-0.4, -0.2) is 51.0 Å². The summed E-state index contributed by atoms with van der Waals surface area (Å²) in [6, 6.07) is 10.0. The van der Waals surface area contributed by atoms with Crippen LogP contribution in [0.25, 0.3) is 5.69 Å². The second-order valence-electron chi connectivity index (χ2n) is 5.47. The molecule has 1 aromatic heterocycles. The lowest BCUT2D eigenvalue weighted by molar-refractivity contribution is 0.0610. The van der Waals surface area contributed by atoms with Crippen LogP contribution in [0, 0.1) is 0 Å². The number of benzene rings is 1. The Labute approximate surface area is 123 Å². The number of piperazine rings is 1. The predicted octanol–water partition coefficient (Wildman–Crippen LogP) is 1.09. The number of rotatable bonds is 2. The maximum Gasteiger partial charge on any atom is 0.276 e. The van der Waals surface area contributed by atoms with Crippen LogP contribution in [-0.2, 0) is 0 Å². The molecule has 21 heavy (non-hydrogen) atoms. The molecule has 6 heteroatoms. The quantitative estimate of drug-likeness (QED) is 0.897. The summed E-state index contributed by atoms with van der Waals surface area (Å²) in [5.74, 6) is -0.0574. The molecule has 1 aliphatic rings. The molecule has 2 aromatic rings. The van der Waals surface area contributed by atoms with Gasteiger partial charge in [0.05, 0.1) is 11.9 Å². The molecule has 1 fully saturated rings. The van der Waals surface area contributed by atoms with Crippen molar-refractivity contribution in [1.82, 2.24) is 25.2 Å². The van der Waals surface area contributed by atoms with Crippen LogP contribution >= 0.6 is 0 Å². The van der Waals surface area contributed by atoms with Crippen molar-refractivity contribution in [1.29, 1.82) is 0 Å². The molecule has 1 aromatic carbocycles. The number of amides is 1. The summed E-state index contributed by atoms with van der Waals surface area (Å²) in [5.41, 5.74) is 1.23. The molecular formula is C15H19N5O. The van der Waals surface area contributed by atoms with E-state index in [-0.39, 0.29) is 11.9 Å². The lowest BCUT2D eigenvalue weighted by atomic mass is 10.1. The van der Waals surface area contributed by atoms with Gasteiger partial charge < -0.3 is 10.2 Å². The lowest BCUT2D eigenvalue weighted by Gasteiger charge is -2.37. The molecule has 1 saturated heterocycles. The van der Waals surface area contributed by atoms with Crippen LogP contribution in [0.5, 0.6) is 0 Å². The molecule has 0 bridgehead atoms. The van der Waals surface area contributed by atoms with Gasteiger partial charge >= 0.3 is 0 Å². The van der Waals surface area contributed by atoms with Gasteiger partial charge in [0, 0.05) is 25.2 Å². The average molecular weight is 285 g/mol. The van der Waals surface area contributed by atoms with E-state index in [1.807, 2.05) is 42.2 Å². The van der Waals surface area contributed by atoms with E-state index in [1.54, 1.807) is 0 Å². The van der Waals surface area contributed by atoms with Gasteiger partial charge in [-0.05, 0) is 26.0 Å². The van der Waals surface area contributed by atoms with Crippen LogP contribution in [0.4, 0.5) is 0 Å². The Hall–Kier alpha value is -2.21. The Kier molecular flexibility index (Phi) is 3.70. The number of hydrogen-bond acceptors (Lipinski definition) is 4. The highest BCUT2D eigenvalue weighted by molar-refractivity contribution is 5.92. The number of nitrogens with zero attached hydrogens (tertiary/aromatic N) is 4. The van der Waals surface area contributed by atoms with Gasteiger partial charge in [-0.1, -0.05) is 18.2 Å². The first-order chi connectivity index (χ1) is 10.1. The SMILES string of the molecule is CC1CN(C(=O)c2cnn(-c3ccccc3)n2)C(C)CN1. The molecule has 1 aliphatic heterocycles. The molecule has 3 rings (SSSR count). The van der Waals surface area contributed by atoms with E-state index in [2.05, 4.69) is 22.4 Å². The van der Waals surface area contributed by atoms with Crippen molar-refractivity contribution in [3.05, 3.63) is 42.2 Å². The van der Waals surface area contributed by atoms with Gasteiger partial charge in [-0.2, -0.15) is 9.90 Å². The first-order valence-corrected chi connectivity index (χ1v) is 7.17. The fourth-order valence-electron chi connectivity index (χ4n) is 2.50. The topological polar surface area (TPSA) is 63.1 Å². The zero-order chi connectivity index (χ0) is 14.8. The number of carbonyl (C=O) groups excluding carboxylic acids is 1. The third kappa shape index (κ3) is 2.80. The van der Waals surface area contributed by atoms with Crippen molar-refractivity contribution in [3.63, 3.8) is 0 Å². The van der Waals surface area contributed by atoms with Crippen molar-refractivity contribution in [2.24, 2.45) is 0 Å². The van der Waals surface area contributed by atoms with Gasteiger partial charge in [0.2, 0.25) is 0 Å². The minimum Gasteiger partial charge on any atom is -0.332 e. The molecule has 0 saturated carbocycles. The van der Waals surface area contributed by atoms with E-state index in [1.165, 1.54) is 11.0 Å². The van der Waals surface area contributed by atoms with Gasteiger partial charge in [0.15, 0.2) is 5.69 Å². The van der Waals surface area contributed by atoms with Gasteiger partial charge in [-0.25, -0.2) is 0 Å². The number of aromatic nitrogens is 3. The number of hydrogen-bond donors (Lipinski definition) is 1. The van der Waals surface area contributed by atoms with Crippen molar-refractivity contribution in [3.8, 4) is 5.69 Å². The summed E-state index contributed by atoms with van der Waals surface area (Å²) in [7, 11) is 0. The molecule has 2 heterocycles. The van der Waals surface area contributed by atoms with Gasteiger partial charge in [0.1, 0.15) is 0 Å². The predicted molar refractivity (Wildman–Crippen MR) is 79.3 cm³/mol. The lowest BCUT2D eigenvalue weighted by Crippen LogP contribution is -2.56. The first kappa shape index (κ1) is 13.8. The standard InChI is InChI=1S/C15H19N5O/c1-11-10-19(12(2)8-16-11)15(21)14-9-17-20(18-14)13-6-4-3-5-7-13/h3-7,9,11-12,16H,8,10H2,1-2H3. The van der Waals surface area contributed by atoms with Crippen molar-refractivity contribution in [2.75, 3.05) is 13.1 Å². The summed E-state index contributed by atoms with van der Waals surface area (Å²) in [6.07, 6.45) is 1.54. The van der Waals surface area contributed by atoms with Crippen molar-refractivity contribution >= 4 is 5.91 Å². The van der Waals surface area contributed by atoms with E-state index >= 15 is 0 Å². The molecule has 0 spiro atoms. The molecule has 110 valence electrons. The zero-order valence-electron chi connectivity index (χ0n) is 12.2. The van der Waals surface area contributed by atoms with Crippen LogP contribution in [0.2, 0.25) is 0 Å². The smallest absolute Gasteiger partial charge is 0.276 e. The summed E-state index contributed by atoms with van der Waals surface area (Å²) < 4.78 is 0. The minimum atomic E-state index is -0.0574. The fourth-order valence-corrected chi connectivity index (χ4v) is 2.50. The molecule has 0 radical (unpaired) electrons. The highest BCUT2D eigenvalue weighted by Crippen LogP contribution is 2.12. The van der Waals surface area contributed by atoms with E-state index in [0.29, 0.717) is 18.3 Å². The zero-order valence-corrected chi connectivity index (χ0v) is 12.2. The number of para-hydroxylation sites is 1. The molecule has 0 aliphatic carbocycles. The fraction of sp³-hybridized carbons (Fsp3) is 0.400. The molecular weight excluding hydrogens is 266 g/mol. The van der Waals surface area contributed by atoms with E-state index in [4.69, 9.17) is 0 Å². The number of carbonyl (C=O) groups is 1. The normalized spacial score (nSPS) is 22.3.